The number of benzene rings is 1. The fourth-order valence-corrected chi connectivity index (χ4v) is 4.15. The van der Waals surface area contributed by atoms with Gasteiger partial charge in [-0.1, -0.05) is 19.1 Å². The molecule has 118 valence electrons. The van der Waals surface area contributed by atoms with Gasteiger partial charge in [0.05, 0.1) is 0 Å². The molecule has 0 unspecified atom stereocenters. The third-order valence-electron chi connectivity index (χ3n) is 4.06. The number of carbonyl (C=O) groups is 1. The molecule has 7 heteroatoms. The van der Waals surface area contributed by atoms with E-state index in [1.54, 1.807) is 18.2 Å². The molecule has 1 aromatic rings. The van der Waals surface area contributed by atoms with E-state index in [1.807, 2.05) is 22.8 Å². The molecule has 0 N–H and O–H groups in total. The Kier molecular flexibility index (Phi) is 3.90. The third-order valence-corrected chi connectivity index (χ3v) is 5.39. The van der Waals surface area contributed by atoms with Crippen molar-refractivity contribution in [1.82, 2.24) is 9.80 Å². The van der Waals surface area contributed by atoms with Crippen LogP contribution in [0, 0.1) is 0 Å². The van der Waals surface area contributed by atoms with Crippen molar-refractivity contribution in [2.24, 2.45) is 4.40 Å². The molecule has 6 nitrogen and oxygen atoms in total. The Morgan fingerprint density at radius 3 is 2.73 bits per heavy atom. The van der Waals surface area contributed by atoms with Crippen LogP contribution in [0.1, 0.15) is 25.3 Å². The maximum Gasteiger partial charge on any atom is 0.285 e. The van der Waals surface area contributed by atoms with E-state index >= 15 is 0 Å². The van der Waals surface area contributed by atoms with Gasteiger partial charge in [-0.15, -0.1) is 4.40 Å². The van der Waals surface area contributed by atoms with Gasteiger partial charge in [-0.3, -0.25) is 4.79 Å². The molecule has 1 amide bonds. The van der Waals surface area contributed by atoms with Gasteiger partial charge in [0.25, 0.3) is 10.0 Å². The van der Waals surface area contributed by atoms with Crippen molar-refractivity contribution in [3.05, 3.63) is 29.8 Å². The number of fused-ring (bicyclic) bond motifs is 1. The molecule has 0 bridgehead atoms. The monoisotopic (exact) mass is 321 g/mol. The van der Waals surface area contributed by atoms with E-state index in [9.17, 15) is 13.2 Å². The van der Waals surface area contributed by atoms with Crippen LogP contribution in [0.5, 0.6) is 0 Å². The summed E-state index contributed by atoms with van der Waals surface area (Å²) in [5.41, 5.74) is 0.665. The Morgan fingerprint density at radius 1 is 1.18 bits per heavy atom. The number of amidine groups is 1. The highest BCUT2D eigenvalue weighted by Gasteiger charge is 2.32. The van der Waals surface area contributed by atoms with Crippen LogP contribution in [-0.2, 0) is 14.8 Å². The Labute approximate surface area is 130 Å². The van der Waals surface area contributed by atoms with E-state index < -0.39 is 10.0 Å². The standard InChI is InChI=1S/C15H19N3O3S/c1-2-14(19)17-8-5-9-18(11-10-17)15-12-6-3-4-7-13(12)22(20,21)16-15/h3-4,6-7H,2,5,8-11H2,1H3. The van der Waals surface area contributed by atoms with Crippen LogP contribution in [0.15, 0.2) is 33.6 Å². The molecule has 0 aromatic heterocycles. The number of nitrogens with zero attached hydrogens (tertiary/aromatic N) is 3. The van der Waals surface area contributed by atoms with E-state index in [1.165, 1.54) is 0 Å². The highest BCUT2D eigenvalue weighted by molar-refractivity contribution is 7.90. The van der Waals surface area contributed by atoms with Crippen molar-refractivity contribution in [1.29, 1.82) is 0 Å². The van der Waals surface area contributed by atoms with E-state index in [0.29, 0.717) is 44.0 Å². The Hall–Kier alpha value is -1.89. The highest BCUT2D eigenvalue weighted by Crippen LogP contribution is 2.27. The molecule has 1 aromatic carbocycles. The SMILES string of the molecule is CCC(=O)N1CCCN(C2=NS(=O)(=O)c3ccccc32)CC1. The first-order valence-corrected chi connectivity index (χ1v) is 8.94. The molecule has 22 heavy (non-hydrogen) atoms. The van der Waals surface area contributed by atoms with Crippen LogP contribution in [0.4, 0.5) is 0 Å². The topological polar surface area (TPSA) is 70.1 Å². The minimum atomic E-state index is -3.58. The largest absolute Gasteiger partial charge is 0.354 e. The second-order valence-corrected chi connectivity index (χ2v) is 7.03. The summed E-state index contributed by atoms with van der Waals surface area (Å²) in [6.07, 6.45) is 1.31. The summed E-state index contributed by atoms with van der Waals surface area (Å²) in [7, 11) is -3.58. The van der Waals surface area contributed by atoms with Crippen molar-refractivity contribution >= 4 is 21.8 Å². The minimum Gasteiger partial charge on any atom is -0.354 e. The Balaban J connectivity index is 1.85. The van der Waals surface area contributed by atoms with Gasteiger partial charge in [0.15, 0.2) is 5.84 Å². The van der Waals surface area contributed by atoms with Crippen LogP contribution in [0.2, 0.25) is 0 Å². The lowest BCUT2D eigenvalue weighted by atomic mass is 10.2. The summed E-state index contributed by atoms with van der Waals surface area (Å²) in [5.74, 6) is 0.657. The average molecular weight is 321 g/mol. The van der Waals surface area contributed by atoms with Crippen LogP contribution >= 0.6 is 0 Å². The normalized spacial score (nSPS) is 20.3. The average Bonchev–Trinajstić information content (AvgIpc) is 2.70. The molecule has 3 rings (SSSR count). The zero-order chi connectivity index (χ0) is 15.7. The predicted octanol–water partition coefficient (Wildman–Crippen LogP) is 1.08. The van der Waals surface area contributed by atoms with E-state index in [0.717, 1.165) is 6.42 Å². The molecular formula is C15H19N3O3S. The summed E-state index contributed by atoms with van der Waals surface area (Å²) < 4.78 is 28.2. The molecule has 1 fully saturated rings. The van der Waals surface area contributed by atoms with Gasteiger partial charge in [-0.2, -0.15) is 8.42 Å². The lowest BCUT2D eigenvalue weighted by molar-refractivity contribution is -0.130. The van der Waals surface area contributed by atoms with Crippen molar-refractivity contribution in [3.8, 4) is 0 Å². The summed E-state index contributed by atoms with van der Waals surface area (Å²) >= 11 is 0. The van der Waals surface area contributed by atoms with Gasteiger partial charge >= 0.3 is 0 Å². The maximum atomic E-state index is 12.1. The molecule has 0 radical (unpaired) electrons. The van der Waals surface area contributed by atoms with Crippen molar-refractivity contribution in [3.63, 3.8) is 0 Å². The van der Waals surface area contributed by atoms with Crippen molar-refractivity contribution in [2.75, 3.05) is 26.2 Å². The van der Waals surface area contributed by atoms with Crippen LogP contribution < -0.4 is 0 Å². The van der Waals surface area contributed by atoms with Gasteiger partial charge in [-0.25, -0.2) is 0 Å². The van der Waals surface area contributed by atoms with Gasteiger partial charge in [0.2, 0.25) is 5.91 Å². The first-order valence-electron chi connectivity index (χ1n) is 7.50. The summed E-state index contributed by atoms with van der Waals surface area (Å²) in [6, 6.07) is 6.91. The predicted molar refractivity (Wildman–Crippen MR) is 83.2 cm³/mol. The number of carbonyl (C=O) groups excluding carboxylic acids is 1. The highest BCUT2D eigenvalue weighted by atomic mass is 32.2. The summed E-state index contributed by atoms with van der Waals surface area (Å²) in [6.45, 7) is 4.48. The number of sulfonamides is 1. The molecule has 0 saturated carbocycles. The Bertz CT molecular complexity index is 727. The lowest BCUT2D eigenvalue weighted by Crippen LogP contribution is -2.37. The fraction of sp³-hybridized carbons (Fsp3) is 0.467. The number of hydrogen-bond acceptors (Lipinski definition) is 4. The molecule has 0 atom stereocenters. The molecular weight excluding hydrogens is 302 g/mol. The number of hydrogen-bond donors (Lipinski definition) is 0. The van der Waals surface area contributed by atoms with Crippen molar-refractivity contribution < 1.29 is 13.2 Å². The molecule has 2 aliphatic heterocycles. The molecule has 2 heterocycles. The third kappa shape index (κ3) is 2.61. The smallest absolute Gasteiger partial charge is 0.285 e. The molecule has 0 spiro atoms. The lowest BCUT2D eigenvalue weighted by Gasteiger charge is -2.23. The van der Waals surface area contributed by atoms with Gasteiger partial charge < -0.3 is 9.80 Å². The van der Waals surface area contributed by atoms with Crippen LogP contribution in [-0.4, -0.2) is 56.1 Å². The minimum absolute atomic E-state index is 0.142. The molecule has 2 aliphatic rings. The number of amides is 1. The number of rotatable bonds is 1. The maximum absolute atomic E-state index is 12.1. The zero-order valence-corrected chi connectivity index (χ0v) is 13.3. The fourth-order valence-electron chi connectivity index (χ4n) is 2.92. The zero-order valence-electron chi connectivity index (χ0n) is 12.5. The van der Waals surface area contributed by atoms with Gasteiger partial charge in [0, 0.05) is 38.2 Å². The van der Waals surface area contributed by atoms with Gasteiger partial charge in [-0.05, 0) is 18.6 Å². The van der Waals surface area contributed by atoms with Crippen molar-refractivity contribution in [2.45, 2.75) is 24.7 Å². The van der Waals surface area contributed by atoms with E-state index in [-0.39, 0.29) is 10.8 Å². The Morgan fingerprint density at radius 2 is 1.95 bits per heavy atom. The van der Waals surface area contributed by atoms with Crippen LogP contribution in [0.3, 0.4) is 0 Å². The second-order valence-electron chi connectivity index (χ2n) is 5.46. The van der Waals surface area contributed by atoms with E-state index in [4.69, 9.17) is 0 Å². The first kappa shape index (κ1) is 15.0. The first-order chi connectivity index (χ1) is 10.5. The van der Waals surface area contributed by atoms with Gasteiger partial charge in [0.1, 0.15) is 4.90 Å². The quantitative estimate of drug-likeness (QED) is 0.776. The molecule has 1 saturated heterocycles. The molecule has 0 aliphatic carbocycles. The van der Waals surface area contributed by atoms with Crippen LogP contribution in [0.25, 0.3) is 0 Å². The summed E-state index contributed by atoms with van der Waals surface area (Å²) in [5, 5.41) is 0. The second kappa shape index (κ2) is 5.72. The van der Waals surface area contributed by atoms with E-state index in [2.05, 4.69) is 4.40 Å². The summed E-state index contributed by atoms with van der Waals surface area (Å²) in [4.78, 5) is 15.9.